The van der Waals surface area contributed by atoms with Crippen LogP contribution in [0.25, 0.3) is 11.5 Å². The number of aryl methyl sites for hydroxylation is 1. The number of benzene rings is 1. The van der Waals surface area contributed by atoms with Crippen molar-refractivity contribution in [1.82, 2.24) is 15.1 Å². The Morgan fingerprint density at radius 2 is 2.17 bits per heavy atom. The average molecular weight is 330 g/mol. The lowest BCUT2D eigenvalue weighted by Gasteiger charge is -2.31. The standard InChI is InChI=1S/C17H22N4O3/c1-2-15-19-20-16(24-15)13-5-7-14(8-6-13)18-17(23)21-9-3-4-12(10-21)11-22/h5-8,12,22H,2-4,9-11H2,1H3,(H,18,23)/t12-/m0/s1. The minimum absolute atomic E-state index is 0.127. The molecule has 1 fully saturated rings. The van der Waals surface area contributed by atoms with Crippen LogP contribution >= 0.6 is 0 Å². The van der Waals surface area contributed by atoms with E-state index in [4.69, 9.17) is 4.42 Å². The van der Waals surface area contributed by atoms with Gasteiger partial charge in [0.25, 0.3) is 0 Å². The smallest absolute Gasteiger partial charge is 0.321 e. The molecule has 24 heavy (non-hydrogen) atoms. The fraction of sp³-hybridized carbons (Fsp3) is 0.471. The van der Waals surface area contributed by atoms with Gasteiger partial charge in [-0.2, -0.15) is 0 Å². The largest absolute Gasteiger partial charge is 0.421 e. The van der Waals surface area contributed by atoms with Gasteiger partial charge in [-0.3, -0.25) is 0 Å². The van der Waals surface area contributed by atoms with Gasteiger partial charge in [-0.05, 0) is 43.0 Å². The third kappa shape index (κ3) is 3.73. The molecule has 0 bridgehead atoms. The normalized spacial score (nSPS) is 17.8. The van der Waals surface area contributed by atoms with Gasteiger partial charge < -0.3 is 19.7 Å². The van der Waals surface area contributed by atoms with E-state index in [-0.39, 0.29) is 18.6 Å². The lowest BCUT2D eigenvalue weighted by molar-refractivity contribution is 0.136. The molecule has 1 aromatic heterocycles. The van der Waals surface area contributed by atoms with Crippen LogP contribution in [0.15, 0.2) is 28.7 Å². The van der Waals surface area contributed by atoms with Crippen molar-refractivity contribution in [1.29, 1.82) is 0 Å². The molecule has 2 heterocycles. The van der Waals surface area contributed by atoms with Crippen molar-refractivity contribution in [3.63, 3.8) is 0 Å². The maximum absolute atomic E-state index is 12.3. The summed E-state index contributed by atoms with van der Waals surface area (Å²) in [5.41, 5.74) is 1.53. The number of aliphatic hydroxyl groups is 1. The number of nitrogens with one attached hydrogen (secondary N) is 1. The second-order valence-electron chi connectivity index (χ2n) is 6.00. The molecule has 7 heteroatoms. The Morgan fingerprint density at radius 3 is 2.83 bits per heavy atom. The highest BCUT2D eigenvalue weighted by Crippen LogP contribution is 2.21. The number of rotatable bonds is 4. The minimum Gasteiger partial charge on any atom is -0.421 e. The number of nitrogens with zero attached hydrogens (tertiary/aromatic N) is 3. The van der Waals surface area contributed by atoms with Crippen LogP contribution in [0.2, 0.25) is 0 Å². The van der Waals surface area contributed by atoms with Crippen LogP contribution in [-0.4, -0.2) is 45.9 Å². The Hall–Kier alpha value is -2.41. The van der Waals surface area contributed by atoms with Crippen molar-refractivity contribution in [2.75, 3.05) is 25.0 Å². The zero-order valence-electron chi connectivity index (χ0n) is 13.7. The summed E-state index contributed by atoms with van der Waals surface area (Å²) in [5, 5.41) is 20.1. The first-order valence-corrected chi connectivity index (χ1v) is 8.29. The summed E-state index contributed by atoms with van der Waals surface area (Å²) in [5.74, 6) is 1.26. The topological polar surface area (TPSA) is 91.5 Å². The van der Waals surface area contributed by atoms with Gasteiger partial charge in [0, 0.05) is 37.4 Å². The zero-order valence-corrected chi connectivity index (χ0v) is 13.7. The molecule has 0 spiro atoms. The third-order valence-corrected chi connectivity index (χ3v) is 4.22. The molecule has 3 rings (SSSR count). The lowest BCUT2D eigenvalue weighted by atomic mass is 9.99. The van der Waals surface area contributed by atoms with Gasteiger partial charge in [-0.1, -0.05) is 6.92 Å². The third-order valence-electron chi connectivity index (χ3n) is 4.22. The Morgan fingerprint density at radius 1 is 1.38 bits per heavy atom. The van der Waals surface area contributed by atoms with E-state index < -0.39 is 0 Å². The van der Waals surface area contributed by atoms with Gasteiger partial charge in [0.2, 0.25) is 11.8 Å². The van der Waals surface area contributed by atoms with Crippen LogP contribution in [0.5, 0.6) is 0 Å². The summed E-state index contributed by atoms with van der Waals surface area (Å²) in [4.78, 5) is 14.1. The van der Waals surface area contributed by atoms with Crippen LogP contribution in [0, 0.1) is 5.92 Å². The molecular formula is C17H22N4O3. The van der Waals surface area contributed by atoms with Crippen molar-refractivity contribution >= 4 is 11.7 Å². The Labute approximate surface area is 140 Å². The number of carbonyl (C=O) groups excluding carboxylic acids is 1. The second kappa shape index (κ2) is 7.44. The van der Waals surface area contributed by atoms with E-state index in [0.29, 0.717) is 30.4 Å². The molecule has 2 amide bonds. The number of urea groups is 1. The van der Waals surface area contributed by atoms with Crippen molar-refractivity contribution in [2.24, 2.45) is 5.92 Å². The van der Waals surface area contributed by atoms with E-state index in [1.807, 2.05) is 31.2 Å². The van der Waals surface area contributed by atoms with Crippen molar-refractivity contribution in [2.45, 2.75) is 26.2 Å². The highest BCUT2D eigenvalue weighted by atomic mass is 16.4. The van der Waals surface area contributed by atoms with E-state index in [2.05, 4.69) is 15.5 Å². The predicted molar refractivity (Wildman–Crippen MR) is 89.5 cm³/mol. The number of likely N-dealkylation sites (tertiary alicyclic amines) is 1. The molecule has 1 saturated heterocycles. The van der Waals surface area contributed by atoms with Crippen LogP contribution in [0.3, 0.4) is 0 Å². The molecule has 2 N–H and O–H groups in total. The fourth-order valence-electron chi connectivity index (χ4n) is 2.81. The molecule has 128 valence electrons. The molecular weight excluding hydrogens is 308 g/mol. The zero-order chi connectivity index (χ0) is 16.9. The molecule has 7 nitrogen and oxygen atoms in total. The van der Waals surface area contributed by atoms with Crippen LogP contribution < -0.4 is 5.32 Å². The number of aromatic nitrogens is 2. The predicted octanol–water partition coefficient (Wildman–Crippen LogP) is 2.54. The van der Waals surface area contributed by atoms with Gasteiger partial charge in [0.1, 0.15) is 0 Å². The number of anilines is 1. The van der Waals surface area contributed by atoms with Crippen LogP contribution in [-0.2, 0) is 6.42 Å². The van der Waals surface area contributed by atoms with E-state index >= 15 is 0 Å². The maximum atomic E-state index is 12.3. The quantitative estimate of drug-likeness (QED) is 0.899. The number of hydrogen-bond acceptors (Lipinski definition) is 5. The number of aliphatic hydroxyl groups excluding tert-OH is 1. The van der Waals surface area contributed by atoms with Crippen LogP contribution in [0.4, 0.5) is 10.5 Å². The molecule has 0 saturated carbocycles. The first-order chi connectivity index (χ1) is 11.7. The van der Waals surface area contributed by atoms with E-state index in [9.17, 15) is 9.90 Å². The van der Waals surface area contributed by atoms with E-state index in [1.54, 1.807) is 4.90 Å². The van der Waals surface area contributed by atoms with Gasteiger partial charge >= 0.3 is 6.03 Å². The van der Waals surface area contributed by atoms with E-state index in [1.165, 1.54) is 0 Å². The molecule has 0 aliphatic carbocycles. The van der Waals surface area contributed by atoms with Crippen molar-refractivity contribution in [3.8, 4) is 11.5 Å². The van der Waals surface area contributed by atoms with Gasteiger partial charge in [-0.25, -0.2) is 4.79 Å². The average Bonchev–Trinajstić information content (AvgIpc) is 3.11. The molecule has 1 aliphatic rings. The molecule has 0 unspecified atom stereocenters. The highest BCUT2D eigenvalue weighted by molar-refractivity contribution is 5.89. The molecule has 1 atom stereocenters. The molecule has 1 aromatic carbocycles. The number of piperidine rings is 1. The Kier molecular flexibility index (Phi) is 5.10. The Bertz CT molecular complexity index is 683. The van der Waals surface area contributed by atoms with Gasteiger partial charge in [-0.15, -0.1) is 10.2 Å². The first-order valence-electron chi connectivity index (χ1n) is 8.29. The van der Waals surface area contributed by atoms with Gasteiger partial charge in [0.05, 0.1) is 0 Å². The molecule has 1 aliphatic heterocycles. The molecule has 0 radical (unpaired) electrons. The number of carbonyl (C=O) groups is 1. The Balaban J connectivity index is 1.62. The maximum Gasteiger partial charge on any atom is 0.321 e. The second-order valence-corrected chi connectivity index (χ2v) is 6.00. The summed E-state index contributed by atoms with van der Waals surface area (Å²) < 4.78 is 5.52. The minimum atomic E-state index is -0.132. The summed E-state index contributed by atoms with van der Waals surface area (Å²) in [6, 6.07) is 7.18. The number of amides is 2. The first kappa shape index (κ1) is 16.4. The highest BCUT2D eigenvalue weighted by Gasteiger charge is 2.23. The fourth-order valence-corrected chi connectivity index (χ4v) is 2.81. The summed E-state index contributed by atoms with van der Waals surface area (Å²) in [7, 11) is 0. The van der Waals surface area contributed by atoms with Crippen LogP contribution in [0.1, 0.15) is 25.7 Å². The monoisotopic (exact) mass is 330 g/mol. The van der Waals surface area contributed by atoms with E-state index in [0.717, 1.165) is 24.9 Å². The van der Waals surface area contributed by atoms with Crippen molar-refractivity contribution < 1.29 is 14.3 Å². The summed E-state index contributed by atoms with van der Waals surface area (Å²) >= 11 is 0. The van der Waals surface area contributed by atoms with Gasteiger partial charge in [0.15, 0.2) is 0 Å². The lowest BCUT2D eigenvalue weighted by Crippen LogP contribution is -2.43. The SMILES string of the molecule is CCc1nnc(-c2ccc(NC(=O)N3CCC[C@H](CO)C3)cc2)o1. The summed E-state index contributed by atoms with van der Waals surface area (Å²) in [6.45, 7) is 3.41. The summed E-state index contributed by atoms with van der Waals surface area (Å²) in [6.07, 6.45) is 2.60. The molecule has 2 aromatic rings. The number of hydrogen-bond donors (Lipinski definition) is 2. The van der Waals surface area contributed by atoms with Crippen molar-refractivity contribution in [3.05, 3.63) is 30.2 Å².